The quantitative estimate of drug-likeness (QED) is 0.652. The van der Waals surface area contributed by atoms with Gasteiger partial charge in [0.2, 0.25) is 0 Å². The molecule has 0 aliphatic rings. The van der Waals surface area contributed by atoms with Crippen molar-refractivity contribution < 1.29 is 5.11 Å². The van der Waals surface area contributed by atoms with Crippen LogP contribution in [0.2, 0.25) is 24.2 Å². The minimum atomic E-state index is -0.987. The van der Waals surface area contributed by atoms with Crippen LogP contribution in [0.25, 0.3) is 0 Å². The molecule has 0 amide bonds. The standard InChI is InChI=1S/C11H26OSi/c1-6-13(7-2,8-3)10-9-11(4,5)12/h12H,6-10H2,1-5H3. The Hall–Kier alpha value is 0.177. The first-order valence-electron chi connectivity index (χ1n) is 5.61. The monoisotopic (exact) mass is 202 g/mol. The molecule has 13 heavy (non-hydrogen) atoms. The van der Waals surface area contributed by atoms with Gasteiger partial charge in [0.25, 0.3) is 0 Å². The summed E-state index contributed by atoms with van der Waals surface area (Å²) in [6.45, 7) is 10.8. The van der Waals surface area contributed by atoms with Crippen molar-refractivity contribution in [2.24, 2.45) is 0 Å². The molecule has 0 aromatic rings. The van der Waals surface area contributed by atoms with Crippen LogP contribution in [0.15, 0.2) is 0 Å². The van der Waals surface area contributed by atoms with Crippen LogP contribution in [0.3, 0.4) is 0 Å². The molecule has 0 aromatic carbocycles. The smallest absolute Gasteiger partial charge is 0.0589 e. The molecule has 0 aliphatic carbocycles. The summed E-state index contributed by atoms with van der Waals surface area (Å²) in [5, 5.41) is 9.69. The Labute approximate surface area is 84.6 Å². The predicted molar refractivity (Wildman–Crippen MR) is 62.9 cm³/mol. The van der Waals surface area contributed by atoms with Gasteiger partial charge in [-0.1, -0.05) is 44.9 Å². The highest BCUT2D eigenvalue weighted by Gasteiger charge is 2.28. The molecule has 0 rings (SSSR count). The Balaban J connectivity index is 4.11. The van der Waals surface area contributed by atoms with Crippen LogP contribution in [-0.4, -0.2) is 18.8 Å². The molecule has 0 atom stereocenters. The predicted octanol–water partition coefficient (Wildman–Crippen LogP) is 3.66. The highest BCUT2D eigenvalue weighted by atomic mass is 28.3. The third-order valence-electron chi connectivity index (χ3n) is 3.52. The fraction of sp³-hybridized carbons (Fsp3) is 1.00. The Morgan fingerprint density at radius 3 is 1.62 bits per heavy atom. The Morgan fingerprint density at radius 1 is 1.00 bits per heavy atom. The normalized spacial score (nSPS) is 13.4. The minimum Gasteiger partial charge on any atom is -0.390 e. The zero-order chi connectivity index (χ0) is 10.5. The summed E-state index contributed by atoms with van der Waals surface area (Å²) in [6.07, 6.45) is 0.981. The van der Waals surface area contributed by atoms with E-state index < -0.39 is 13.7 Å². The first kappa shape index (κ1) is 13.2. The lowest BCUT2D eigenvalue weighted by Crippen LogP contribution is -2.34. The van der Waals surface area contributed by atoms with E-state index >= 15 is 0 Å². The van der Waals surface area contributed by atoms with Crippen molar-refractivity contribution in [1.82, 2.24) is 0 Å². The summed E-state index contributed by atoms with van der Waals surface area (Å²) >= 11 is 0. The highest BCUT2D eigenvalue weighted by molar-refractivity contribution is 6.79. The first-order valence-corrected chi connectivity index (χ1v) is 8.44. The third kappa shape index (κ3) is 4.82. The van der Waals surface area contributed by atoms with Crippen LogP contribution in [0.4, 0.5) is 0 Å². The molecule has 0 aromatic heterocycles. The Bertz CT molecular complexity index is 125. The second kappa shape index (κ2) is 5.16. The van der Waals surface area contributed by atoms with Gasteiger partial charge in [0, 0.05) is 0 Å². The highest BCUT2D eigenvalue weighted by Crippen LogP contribution is 2.29. The van der Waals surface area contributed by atoms with Crippen LogP contribution in [0.5, 0.6) is 0 Å². The Morgan fingerprint density at radius 2 is 1.38 bits per heavy atom. The molecule has 2 heteroatoms. The zero-order valence-electron chi connectivity index (χ0n) is 9.98. The molecule has 0 saturated carbocycles. The van der Waals surface area contributed by atoms with Gasteiger partial charge in [-0.3, -0.25) is 0 Å². The fourth-order valence-electron chi connectivity index (χ4n) is 1.85. The van der Waals surface area contributed by atoms with Crippen molar-refractivity contribution in [2.45, 2.75) is 70.8 Å². The molecule has 0 heterocycles. The van der Waals surface area contributed by atoms with Crippen LogP contribution in [0.1, 0.15) is 41.0 Å². The maximum atomic E-state index is 9.69. The molecule has 0 spiro atoms. The van der Waals surface area contributed by atoms with Crippen molar-refractivity contribution >= 4 is 8.07 Å². The van der Waals surface area contributed by atoms with E-state index in [9.17, 15) is 5.11 Å². The van der Waals surface area contributed by atoms with E-state index in [1.54, 1.807) is 0 Å². The van der Waals surface area contributed by atoms with E-state index in [2.05, 4.69) is 20.8 Å². The molecule has 1 N–H and O–H groups in total. The van der Waals surface area contributed by atoms with Gasteiger partial charge in [-0.25, -0.2) is 0 Å². The molecule has 0 bridgehead atoms. The van der Waals surface area contributed by atoms with Crippen molar-refractivity contribution in [3.8, 4) is 0 Å². The second-order valence-electron chi connectivity index (χ2n) is 4.87. The SMILES string of the molecule is CC[Si](CC)(CC)CCC(C)(C)O. The topological polar surface area (TPSA) is 20.2 Å². The minimum absolute atomic E-state index is 0.461. The van der Waals surface area contributed by atoms with Gasteiger partial charge >= 0.3 is 0 Å². The summed E-state index contributed by atoms with van der Waals surface area (Å²) in [5.41, 5.74) is -0.461. The molecule has 0 unspecified atom stereocenters. The van der Waals surface area contributed by atoms with Crippen molar-refractivity contribution in [3.63, 3.8) is 0 Å². The molecular formula is C11H26OSi. The lowest BCUT2D eigenvalue weighted by atomic mass is 10.1. The molecule has 0 fully saturated rings. The van der Waals surface area contributed by atoms with E-state index in [4.69, 9.17) is 0 Å². The van der Waals surface area contributed by atoms with Gasteiger partial charge in [-0.05, 0) is 20.3 Å². The van der Waals surface area contributed by atoms with Crippen molar-refractivity contribution in [2.75, 3.05) is 0 Å². The molecule has 80 valence electrons. The third-order valence-corrected chi connectivity index (χ3v) is 9.33. The molecule has 1 nitrogen and oxygen atoms in total. The van der Waals surface area contributed by atoms with E-state index in [0.717, 1.165) is 6.42 Å². The lowest BCUT2D eigenvalue weighted by molar-refractivity contribution is 0.0760. The van der Waals surface area contributed by atoms with Crippen molar-refractivity contribution in [1.29, 1.82) is 0 Å². The van der Waals surface area contributed by atoms with Crippen LogP contribution < -0.4 is 0 Å². The summed E-state index contributed by atoms with van der Waals surface area (Å²) in [4.78, 5) is 0. The van der Waals surface area contributed by atoms with Gasteiger partial charge in [0.05, 0.1) is 13.7 Å². The second-order valence-corrected chi connectivity index (χ2v) is 10.5. The summed E-state index contributed by atoms with van der Waals surface area (Å²) < 4.78 is 0. The van der Waals surface area contributed by atoms with E-state index in [0.29, 0.717) is 0 Å². The molecule has 0 aliphatic heterocycles. The van der Waals surface area contributed by atoms with Crippen molar-refractivity contribution in [3.05, 3.63) is 0 Å². The van der Waals surface area contributed by atoms with E-state index in [1.807, 2.05) is 13.8 Å². The van der Waals surface area contributed by atoms with Crippen LogP contribution in [-0.2, 0) is 0 Å². The number of aliphatic hydroxyl groups is 1. The maximum Gasteiger partial charge on any atom is 0.0589 e. The summed E-state index contributed by atoms with van der Waals surface area (Å²) in [6, 6.07) is 5.40. The van der Waals surface area contributed by atoms with Crippen LogP contribution in [0, 0.1) is 0 Å². The van der Waals surface area contributed by atoms with E-state index in [1.165, 1.54) is 24.2 Å². The molecular weight excluding hydrogens is 176 g/mol. The number of hydrogen-bond acceptors (Lipinski definition) is 1. The lowest BCUT2D eigenvalue weighted by Gasteiger charge is -2.30. The average Bonchev–Trinajstić information content (AvgIpc) is 2.06. The number of rotatable bonds is 6. The van der Waals surface area contributed by atoms with Gasteiger partial charge in [-0.2, -0.15) is 0 Å². The molecule has 0 radical (unpaired) electrons. The van der Waals surface area contributed by atoms with E-state index in [-0.39, 0.29) is 0 Å². The molecule has 0 saturated heterocycles. The largest absolute Gasteiger partial charge is 0.390 e. The van der Waals surface area contributed by atoms with Gasteiger partial charge in [0.15, 0.2) is 0 Å². The fourth-order valence-corrected chi connectivity index (χ4v) is 5.55. The van der Waals surface area contributed by atoms with Gasteiger partial charge in [-0.15, -0.1) is 0 Å². The van der Waals surface area contributed by atoms with Crippen LogP contribution >= 0.6 is 0 Å². The average molecular weight is 202 g/mol. The maximum absolute atomic E-state index is 9.69. The Kier molecular flexibility index (Phi) is 5.23. The van der Waals surface area contributed by atoms with Gasteiger partial charge < -0.3 is 5.11 Å². The van der Waals surface area contributed by atoms with Gasteiger partial charge in [0.1, 0.15) is 0 Å². The first-order chi connectivity index (χ1) is 5.89. The summed E-state index contributed by atoms with van der Waals surface area (Å²) in [5.74, 6) is 0. The zero-order valence-corrected chi connectivity index (χ0v) is 11.0. The number of hydrogen-bond donors (Lipinski definition) is 1. The summed E-state index contributed by atoms with van der Waals surface area (Å²) in [7, 11) is -0.987.